The molecule has 1 heterocycles. The highest BCUT2D eigenvalue weighted by Gasteiger charge is 2.23. The van der Waals surface area contributed by atoms with Crippen molar-refractivity contribution in [2.75, 3.05) is 0 Å². The molecule has 0 radical (unpaired) electrons. The molecule has 24 heavy (non-hydrogen) atoms. The van der Waals surface area contributed by atoms with E-state index in [1.165, 1.54) is 18.2 Å². The van der Waals surface area contributed by atoms with Gasteiger partial charge in [0.2, 0.25) is 15.3 Å². The van der Waals surface area contributed by atoms with Gasteiger partial charge in [0.05, 0.1) is 16.5 Å². The number of nitriles is 1. The van der Waals surface area contributed by atoms with Crippen molar-refractivity contribution in [1.82, 2.24) is 4.98 Å². The van der Waals surface area contributed by atoms with Crippen molar-refractivity contribution >= 4 is 20.7 Å². The lowest BCUT2D eigenvalue weighted by atomic mass is 10.1. The predicted octanol–water partition coefficient (Wildman–Crippen LogP) is 2.51. The lowest BCUT2D eigenvalue weighted by Gasteiger charge is -2.06. The highest BCUT2D eigenvalue weighted by Crippen LogP contribution is 2.21. The molecule has 8 heteroatoms. The number of fused-ring (bicyclic) bond motifs is 1. The zero-order chi connectivity index (χ0) is 17.5. The number of hydrogen-bond donors (Lipinski definition) is 1. The van der Waals surface area contributed by atoms with Crippen molar-refractivity contribution in [1.29, 1.82) is 5.26 Å². The third-order valence-corrected chi connectivity index (χ3v) is 5.22. The molecule has 0 amide bonds. The largest absolute Gasteiger partial charge is 0.360 e. The van der Waals surface area contributed by atoms with E-state index < -0.39 is 36.7 Å². The second-order valence-electron chi connectivity index (χ2n) is 4.93. The number of pyridine rings is 1. The molecule has 0 spiro atoms. The van der Waals surface area contributed by atoms with Gasteiger partial charge in [0, 0.05) is 17.1 Å². The number of aromatic nitrogens is 1. The van der Waals surface area contributed by atoms with Crippen LogP contribution in [0.2, 0.25) is 0 Å². The quantitative estimate of drug-likeness (QED) is 0.722. The van der Waals surface area contributed by atoms with Gasteiger partial charge in [-0.05, 0) is 36.4 Å². The van der Waals surface area contributed by atoms with Crippen molar-refractivity contribution in [3.05, 3.63) is 70.0 Å². The van der Waals surface area contributed by atoms with E-state index in [9.17, 15) is 22.0 Å². The Balaban J connectivity index is 2.28. The van der Waals surface area contributed by atoms with Gasteiger partial charge >= 0.3 is 0 Å². The van der Waals surface area contributed by atoms with Crippen molar-refractivity contribution in [2.24, 2.45) is 0 Å². The normalized spacial score (nSPS) is 11.4. The summed E-state index contributed by atoms with van der Waals surface area (Å²) in [7, 11) is -4.35. The van der Waals surface area contributed by atoms with Crippen LogP contribution in [0.15, 0.2) is 57.2 Å². The van der Waals surface area contributed by atoms with E-state index in [1.807, 2.05) is 6.07 Å². The van der Waals surface area contributed by atoms with Gasteiger partial charge in [-0.2, -0.15) is 5.26 Å². The smallest absolute Gasteiger partial charge is 0.212 e. The Kier molecular flexibility index (Phi) is 3.66. The first kappa shape index (κ1) is 15.8. The molecule has 0 saturated carbocycles. The molecular formula is C16H8F2N2O3S. The molecule has 0 aliphatic carbocycles. The van der Waals surface area contributed by atoms with E-state index in [-0.39, 0.29) is 10.9 Å². The molecule has 0 saturated heterocycles. The number of hydrogen-bond acceptors (Lipinski definition) is 4. The third-order valence-electron chi connectivity index (χ3n) is 3.47. The molecular weight excluding hydrogens is 338 g/mol. The Morgan fingerprint density at radius 1 is 1.04 bits per heavy atom. The Hall–Kier alpha value is -3.05. The van der Waals surface area contributed by atoms with Crippen LogP contribution in [-0.4, -0.2) is 13.4 Å². The first-order valence-electron chi connectivity index (χ1n) is 6.60. The van der Waals surface area contributed by atoms with Crippen LogP contribution < -0.4 is 5.43 Å². The van der Waals surface area contributed by atoms with Gasteiger partial charge in [-0.15, -0.1) is 0 Å². The number of aromatic amines is 1. The summed E-state index contributed by atoms with van der Waals surface area (Å²) < 4.78 is 51.4. The minimum absolute atomic E-state index is 0.0118. The fourth-order valence-corrected chi connectivity index (χ4v) is 3.57. The average molecular weight is 346 g/mol. The molecule has 2 aromatic carbocycles. The van der Waals surface area contributed by atoms with E-state index in [2.05, 4.69) is 4.98 Å². The molecule has 0 unspecified atom stereocenters. The summed E-state index contributed by atoms with van der Waals surface area (Å²) in [4.78, 5) is 14.0. The summed E-state index contributed by atoms with van der Waals surface area (Å²) in [6, 6.07) is 8.13. The molecule has 1 aromatic heterocycles. The number of H-pyrrole nitrogens is 1. The summed E-state index contributed by atoms with van der Waals surface area (Å²) in [6.45, 7) is 0. The molecule has 1 N–H and O–H groups in total. The first-order chi connectivity index (χ1) is 11.3. The highest BCUT2D eigenvalue weighted by atomic mass is 32.2. The second kappa shape index (κ2) is 5.54. The predicted molar refractivity (Wildman–Crippen MR) is 81.1 cm³/mol. The number of halogens is 2. The molecule has 120 valence electrons. The summed E-state index contributed by atoms with van der Waals surface area (Å²) in [5, 5.41) is 8.91. The van der Waals surface area contributed by atoms with Gasteiger partial charge < -0.3 is 4.98 Å². The van der Waals surface area contributed by atoms with Crippen LogP contribution in [0.4, 0.5) is 8.78 Å². The van der Waals surface area contributed by atoms with E-state index >= 15 is 0 Å². The maximum Gasteiger partial charge on any atom is 0.212 e. The van der Waals surface area contributed by atoms with Gasteiger partial charge in [0.15, 0.2) is 11.6 Å². The van der Waals surface area contributed by atoms with Crippen molar-refractivity contribution in [2.45, 2.75) is 9.79 Å². The van der Waals surface area contributed by atoms with Crippen LogP contribution in [-0.2, 0) is 9.84 Å². The highest BCUT2D eigenvalue weighted by molar-refractivity contribution is 7.91. The van der Waals surface area contributed by atoms with Crippen molar-refractivity contribution < 1.29 is 17.2 Å². The number of nitrogens with one attached hydrogen (secondary N) is 1. The number of benzene rings is 2. The molecule has 0 aliphatic rings. The fraction of sp³-hybridized carbons (Fsp3) is 0. The molecule has 0 aliphatic heterocycles. The van der Waals surface area contributed by atoms with Crippen LogP contribution in [0, 0.1) is 23.0 Å². The van der Waals surface area contributed by atoms with Gasteiger partial charge in [0.1, 0.15) is 4.90 Å². The minimum Gasteiger partial charge on any atom is -0.360 e. The maximum absolute atomic E-state index is 13.3. The molecule has 5 nitrogen and oxygen atoms in total. The van der Waals surface area contributed by atoms with E-state index in [1.54, 1.807) is 0 Å². The zero-order valence-electron chi connectivity index (χ0n) is 11.9. The minimum atomic E-state index is -4.35. The van der Waals surface area contributed by atoms with Gasteiger partial charge in [-0.1, -0.05) is 0 Å². The monoisotopic (exact) mass is 346 g/mol. The summed E-state index contributed by atoms with van der Waals surface area (Å²) >= 11 is 0. The van der Waals surface area contributed by atoms with E-state index in [0.717, 1.165) is 12.3 Å². The van der Waals surface area contributed by atoms with Gasteiger partial charge in [-0.25, -0.2) is 17.2 Å². The average Bonchev–Trinajstić information content (AvgIpc) is 2.57. The first-order valence-corrected chi connectivity index (χ1v) is 8.08. The molecule has 0 bridgehead atoms. The van der Waals surface area contributed by atoms with Crippen molar-refractivity contribution in [3.63, 3.8) is 0 Å². The summed E-state index contributed by atoms with van der Waals surface area (Å²) in [6.07, 6.45) is 0.993. The van der Waals surface area contributed by atoms with E-state index in [0.29, 0.717) is 17.6 Å². The number of nitrogens with zero attached hydrogens (tertiary/aromatic N) is 1. The van der Waals surface area contributed by atoms with Crippen LogP contribution in [0.25, 0.3) is 10.9 Å². The van der Waals surface area contributed by atoms with Gasteiger partial charge in [0.25, 0.3) is 0 Å². The third kappa shape index (κ3) is 2.45. The van der Waals surface area contributed by atoms with Crippen molar-refractivity contribution in [3.8, 4) is 6.07 Å². The molecule has 0 atom stereocenters. The maximum atomic E-state index is 13.3. The molecule has 3 rings (SSSR count). The Morgan fingerprint density at radius 2 is 1.79 bits per heavy atom. The Morgan fingerprint density at radius 3 is 2.46 bits per heavy atom. The van der Waals surface area contributed by atoms with Crippen LogP contribution in [0.3, 0.4) is 0 Å². The topological polar surface area (TPSA) is 90.8 Å². The lowest BCUT2D eigenvalue weighted by Crippen LogP contribution is -2.16. The second-order valence-corrected chi connectivity index (χ2v) is 6.85. The fourth-order valence-electron chi connectivity index (χ4n) is 2.24. The van der Waals surface area contributed by atoms with E-state index in [4.69, 9.17) is 5.26 Å². The van der Waals surface area contributed by atoms with Crippen LogP contribution >= 0.6 is 0 Å². The SMILES string of the molecule is N#Cc1ccc2[nH]cc(S(=O)(=O)c3ccc(F)c(F)c3)c(=O)c2c1. The van der Waals surface area contributed by atoms with Crippen LogP contribution in [0.5, 0.6) is 0 Å². The summed E-state index contributed by atoms with van der Waals surface area (Å²) in [5.74, 6) is -2.53. The Labute approximate surface area is 134 Å². The molecule has 3 aromatic rings. The van der Waals surface area contributed by atoms with Gasteiger partial charge in [-0.3, -0.25) is 4.79 Å². The number of sulfone groups is 1. The Bertz CT molecular complexity index is 1180. The molecule has 0 fully saturated rings. The lowest BCUT2D eigenvalue weighted by molar-refractivity contribution is 0.504. The number of rotatable bonds is 2. The summed E-state index contributed by atoms with van der Waals surface area (Å²) in [5.41, 5.74) is -0.288. The standard InChI is InChI=1S/C16H8F2N2O3S/c17-12-3-2-10(6-13(12)18)24(22,23)15-8-20-14-4-1-9(7-19)5-11(14)16(15)21/h1-6,8H,(H,20,21). The zero-order valence-corrected chi connectivity index (χ0v) is 12.7. The van der Waals surface area contributed by atoms with Crippen LogP contribution in [0.1, 0.15) is 5.56 Å².